The van der Waals surface area contributed by atoms with Gasteiger partial charge < -0.3 is 9.94 Å². The van der Waals surface area contributed by atoms with Crippen LogP contribution in [0.5, 0.6) is 0 Å². The second-order valence-corrected chi connectivity index (χ2v) is 3.76. The number of Topliss-reactive ketones (excluding diaryl/α,β-unsaturated/α-hetero) is 1. The van der Waals surface area contributed by atoms with E-state index in [2.05, 4.69) is 4.74 Å². The molecule has 1 aliphatic rings. The average molecular weight is 221 g/mol. The number of hydrogen-bond donors (Lipinski definition) is 0. The van der Waals surface area contributed by atoms with Gasteiger partial charge in [-0.15, -0.1) is 0 Å². The van der Waals surface area contributed by atoms with Gasteiger partial charge in [-0.3, -0.25) is 4.79 Å². The highest BCUT2D eigenvalue weighted by Gasteiger charge is 2.35. The lowest BCUT2D eigenvalue weighted by Crippen LogP contribution is -2.35. The summed E-state index contributed by atoms with van der Waals surface area (Å²) in [5.74, 6) is -0.745. The molecular formula is C11H11NO4. The van der Waals surface area contributed by atoms with E-state index in [0.717, 1.165) is 19.0 Å². The highest BCUT2D eigenvalue weighted by Crippen LogP contribution is 2.31. The molecule has 0 radical (unpaired) electrons. The molecule has 1 heterocycles. The van der Waals surface area contributed by atoms with Crippen LogP contribution >= 0.6 is 0 Å². The number of rotatable bonds is 3. The Hall–Kier alpha value is -1.91. The monoisotopic (exact) mass is 221 g/mol. The molecule has 5 nitrogen and oxygen atoms in total. The fraction of sp³-hybridized carbons (Fsp3) is 0.364. The summed E-state index contributed by atoms with van der Waals surface area (Å²) in [4.78, 5) is 22.8. The number of esters is 1. The molecule has 0 spiro atoms. The van der Waals surface area contributed by atoms with Gasteiger partial charge in [0.1, 0.15) is 5.56 Å². The van der Waals surface area contributed by atoms with Crippen LogP contribution in [-0.4, -0.2) is 18.9 Å². The van der Waals surface area contributed by atoms with Gasteiger partial charge in [-0.05, 0) is 18.9 Å². The number of ketones is 1. The summed E-state index contributed by atoms with van der Waals surface area (Å²) in [6.45, 7) is 0. The third kappa shape index (κ3) is 1.88. The van der Waals surface area contributed by atoms with Crippen LogP contribution in [0.25, 0.3) is 0 Å². The Balaban J connectivity index is 2.29. The van der Waals surface area contributed by atoms with Gasteiger partial charge in [-0.2, -0.15) is 4.73 Å². The summed E-state index contributed by atoms with van der Waals surface area (Å²) in [7, 11) is 1.24. The Bertz CT molecular complexity index is 451. The number of pyridine rings is 1. The standard InChI is InChI=1S/C11H11NO4/c1-16-11(14)8-4-5-9(12(15)6-8)10(13)7-2-3-7/h4-7H,2-3H2,1H3. The molecule has 16 heavy (non-hydrogen) atoms. The Morgan fingerprint density at radius 1 is 1.44 bits per heavy atom. The van der Waals surface area contributed by atoms with Crippen molar-refractivity contribution in [2.45, 2.75) is 12.8 Å². The van der Waals surface area contributed by atoms with Crippen molar-refractivity contribution in [3.63, 3.8) is 0 Å². The zero-order valence-corrected chi connectivity index (χ0v) is 8.80. The van der Waals surface area contributed by atoms with Crippen molar-refractivity contribution in [3.05, 3.63) is 34.8 Å². The summed E-state index contributed by atoms with van der Waals surface area (Å²) >= 11 is 0. The first-order valence-corrected chi connectivity index (χ1v) is 4.99. The number of carbonyl (C=O) groups is 2. The van der Waals surface area contributed by atoms with Crippen LogP contribution in [-0.2, 0) is 4.74 Å². The van der Waals surface area contributed by atoms with E-state index in [-0.39, 0.29) is 23.0 Å². The first-order valence-electron chi connectivity index (χ1n) is 4.99. The average Bonchev–Trinajstić information content (AvgIpc) is 3.10. The molecule has 1 fully saturated rings. The largest absolute Gasteiger partial charge is 0.618 e. The summed E-state index contributed by atoms with van der Waals surface area (Å²) in [6.07, 6.45) is 2.76. The molecule has 1 aromatic rings. The summed E-state index contributed by atoms with van der Waals surface area (Å²) < 4.78 is 4.91. The SMILES string of the molecule is COC(=O)c1ccc(C(=O)C2CC2)[n+]([O-])c1. The van der Waals surface area contributed by atoms with Gasteiger partial charge in [0.2, 0.25) is 5.78 Å². The number of nitrogens with zero attached hydrogens (tertiary/aromatic N) is 1. The predicted molar refractivity (Wildman–Crippen MR) is 53.8 cm³/mol. The van der Waals surface area contributed by atoms with Gasteiger partial charge in [0.15, 0.2) is 6.20 Å². The lowest BCUT2D eigenvalue weighted by atomic mass is 10.1. The van der Waals surface area contributed by atoms with Crippen molar-refractivity contribution in [2.24, 2.45) is 5.92 Å². The number of ether oxygens (including phenoxy) is 1. The second-order valence-electron chi connectivity index (χ2n) is 3.76. The molecule has 84 valence electrons. The maximum absolute atomic E-state index is 11.6. The normalized spacial score (nSPS) is 14.6. The molecule has 1 aliphatic carbocycles. The van der Waals surface area contributed by atoms with E-state index >= 15 is 0 Å². The zero-order chi connectivity index (χ0) is 11.7. The lowest BCUT2D eigenvalue weighted by Gasteiger charge is -2.04. The molecular weight excluding hydrogens is 210 g/mol. The Labute approximate surface area is 92.2 Å². The number of carbonyl (C=O) groups excluding carboxylic acids is 2. The van der Waals surface area contributed by atoms with Crippen LogP contribution in [0.4, 0.5) is 0 Å². The minimum atomic E-state index is -0.588. The number of methoxy groups -OCH3 is 1. The van der Waals surface area contributed by atoms with E-state index < -0.39 is 5.97 Å². The fourth-order valence-electron chi connectivity index (χ4n) is 1.47. The van der Waals surface area contributed by atoms with E-state index in [1.165, 1.54) is 19.2 Å². The topological polar surface area (TPSA) is 70.3 Å². The first kappa shape index (κ1) is 10.6. The molecule has 0 N–H and O–H groups in total. The first-order chi connectivity index (χ1) is 7.63. The molecule has 5 heteroatoms. The Morgan fingerprint density at radius 3 is 2.62 bits per heavy atom. The predicted octanol–water partition coefficient (Wildman–Crippen LogP) is 0.699. The van der Waals surface area contributed by atoms with Gasteiger partial charge in [0.25, 0.3) is 5.69 Å². The molecule has 0 atom stereocenters. The van der Waals surface area contributed by atoms with Gasteiger partial charge in [-0.25, -0.2) is 4.79 Å². The van der Waals surface area contributed by atoms with Crippen molar-refractivity contribution in [3.8, 4) is 0 Å². The van der Waals surface area contributed by atoms with Gasteiger partial charge >= 0.3 is 5.97 Å². The molecule has 0 aromatic carbocycles. The number of aromatic nitrogens is 1. The maximum atomic E-state index is 11.6. The molecule has 0 saturated heterocycles. The molecule has 0 unspecified atom stereocenters. The van der Waals surface area contributed by atoms with Crippen molar-refractivity contribution in [1.29, 1.82) is 0 Å². The molecule has 0 amide bonds. The third-order valence-electron chi connectivity index (χ3n) is 2.54. The van der Waals surface area contributed by atoms with E-state index in [1.54, 1.807) is 0 Å². The molecule has 0 aliphatic heterocycles. The highest BCUT2D eigenvalue weighted by molar-refractivity contribution is 5.97. The van der Waals surface area contributed by atoms with Gasteiger partial charge in [-0.1, -0.05) is 0 Å². The molecule has 2 rings (SSSR count). The summed E-state index contributed by atoms with van der Waals surface area (Å²) in [5.41, 5.74) is 0.236. The van der Waals surface area contributed by atoms with Crippen LogP contribution in [0.15, 0.2) is 18.3 Å². The van der Waals surface area contributed by atoms with E-state index in [9.17, 15) is 14.8 Å². The van der Waals surface area contributed by atoms with Crippen LogP contribution in [0.2, 0.25) is 0 Å². The van der Waals surface area contributed by atoms with Crippen molar-refractivity contribution >= 4 is 11.8 Å². The van der Waals surface area contributed by atoms with E-state index in [0.29, 0.717) is 4.73 Å². The summed E-state index contributed by atoms with van der Waals surface area (Å²) in [5, 5.41) is 11.5. The van der Waals surface area contributed by atoms with Crippen LogP contribution in [0, 0.1) is 11.1 Å². The third-order valence-corrected chi connectivity index (χ3v) is 2.54. The van der Waals surface area contributed by atoms with Gasteiger partial charge in [0.05, 0.1) is 7.11 Å². The highest BCUT2D eigenvalue weighted by atomic mass is 16.5. The molecule has 0 bridgehead atoms. The lowest BCUT2D eigenvalue weighted by molar-refractivity contribution is -0.607. The van der Waals surface area contributed by atoms with Crippen molar-refractivity contribution < 1.29 is 19.1 Å². The van der Waals surface area contributed by atoms with Crippen molar-refractivity contribution in [1.82, 2.24) is 0 Å². The Morgan fingerprint density at radius 2 is 2.12 bits per heavy atom. The van der Waals surface area contributed by atoms with Crippen LogP contribution < -0.4 is 4.73 Å². The van der Waals surface area contributed by atoms with Crippen LogP contribution in [0.3, 0.4) is 0 Å². The quantitative estimate of drug-likeness (QED) is 0.326. The zero-order valence-electron chi connectivity index (χ0n) is 8.80. The second kappa shape index (κ2) is 3.92. The number of hydrogen-bond acceptors (Lipinski definition) is 4. The van der Waals surface area contributed by atoms with E-state index in [1.807, 2.05) is 0 Å². The fourth-order valence-corrected chi connectivity index (χ4v) is 1.47. The van der Waals surface area contributed by atoms with Gasteiger partial charge in [0, 0.05) is 12.0 Å². The van der Waals surface area contributed by atoms with E-state index in [4.69, 9.17) is 0 Å². The van der Waals surface area contributed by atoms with Crippen LogP contribution in [0.1, 0.15) is 33.7 Å². The Kier molecular flexibility index (Phi) is 2.60. The summed E-state index contributed by atoms with van der Waals surface area (Å²) in [6, 6.07) is 2.80. The smallest absolute Gasteiger partial charge is 0.344 e. The minimum absolute atomic E-state index is 0.0100. The molecule has 1 saturated carbocycles. The minimum Gasteiger partial charge on any atom is -0.618 e. The molecule has 1 aromatic heterocycles. The maximum Gasteiger partial charge on any atom is 0.344 e. The van der Waals surface area contributed by atoms with Crippen molar-refractivity contribution in [2.75, 3.05) is 7.11 Å².